The maximum Gasteiger partial charge on any atom is 0.232 e. The molecule has 0 N–H and O–H groups in total. The van der Waals surface area contributed by atoms with Crippen LogP contribution in [-0.4, -0.2) is 23.9 Å². The van der Waals surface area contributed by atoms with E-state index in [9.17, 15) is 9.18 Å². The molecule has 1 aromatic carbocycles. The Kier molecular flexibility index (Phi) is 3.42. The molecule has 3 fully saturated rings. The SMILES string of the molecule is C=C1C(C)(C)[C@@H]2CC[C@]1(C(=O)N1CC[C@H](c3ccccc3F)C1)C2. The highest BCUT2D eigenvalue weighted by Gasteiger charge is 2.62. The molecule has 0 aromatic heterocycles. The van der Waals surface area contributed by atoms with Crippen LogP contribution in [0.2, 0.25) is 0 Å². The number of carbonyl (C=O) groups is 1. The summed E-state index contributed by atoms with van der Waals surface area (Å²) in [5.41, 5.74) is 1.60. The van der Waals surface area contributed by atoms with Gasteiger partial charge in [0.15, 0.2) is 0 Å². The van der Waals surface area contributed by atoms with Crippen LogP contribution in [0.15, 0.2) is 36.4 Å². The summed E-state index contributed by atoms with van der Waals surface area (Å²) in [6.07, 6.45) is 3.88. The Morgan fingerprint density at radius 3 is 2.71 bits per heavy atom. The fraction of sp³-hybridized carbons (Fsp3) is 0.571. The van der Waals surface area contributed by atoms with E-state index in [1.54, 1.807) is 6.07 Å². The maximum atomic E-state index is 14.1. The molecule has 3 aliphatic rings. The second-order valence-electron chi connectivity index (χ2n) is 8.48. The summed E-state index contributed by atoms with van der Waals surface area (Å²) in [5.74, 6) is 0.798. The van der Waals surface area contributed by atoms with Crippen LogP contribution >= 0.6 is 0 Å². The van der Waals surface area contributed by atoms with E-state index in [0.29, 0.717) is 12.5 Å². The molecule has 1 aromatic rings. The molecule has 2 aliphatic carbocycles. The molecule has 1 saturated heterocycles. The first kappa shape index (κ1) is 15.9. The van der Waals surface area contributed by atoms with Crippen LogP contribution in [0.25, 0.3) is 0 Å². The van der Waals surface area contributed by atoms with Crippen LogP contribution in [0.5, 0.6) is 0 Å². The zero-order valence-electron chi connectivity index (χ0n) is 14.6. The monoisotopic (exact) mass is 327 g/mol. The molecule has 24 heavy (non-hydrogen) atoms. The van der Waals surface area contributed by atoms with Crippen molar-refractivity contribution < 1.29 is 9.18 Å². The fourth-order valence-corrected chi connectivity index (χ4v) is 5.43. The number of rotatable bonds is 2. The van der Waals surface area contributed by atoms with Gasteiger partial charge in [-0.3, -0.25) is 4.79 Å². The molecule has 3 heteroatoms. The van der Waals surface area contributed by atoms with Gasteiger partial charge in [0.2, 0.25) is 5.91 Å². The summed E-state index contributed by atoms with van der Waals surface area (Å²) in [4.78, 5) is 15.3. The van der Waals surface area contributed by atoms with Crippen molar-refractivity contribution in [2.24, 2.45) is 16.7 Å². The highest BCUT2D eigenvalue weighted by atomic mass is 19.1. The van der Waals surface area contributed by atoms with Crippen molar-refractivity contribution in [1.29, 1.82) is 0 Å². The Morgan fingerprint density at radius 1 is 1.29 bits per heavy atom. The van der Waals surface area contributed by atoms with E-state index < -0.39 is 0 Å². The number of amides is 1. The Bertz CT molecular complexity index is 710. The van der Waals surface area contributed by atoms with Crippen LogP contribution in [0.4, 0.5) is 4.39 Å². The first-order chi connectivity index (χ1) is 11.4. The van der Waals surface area contributed by atoms with Crippen molar-refractivity contribution >= 4 is 5.91 Å². The van der Waals surface area contributed by atoms with Gasteiger partial charge in [0, 0.05) is 19.0 Å². The van der Waals surface area contributed by atoms with Gasteiger partial charge in [-0.2, -0.15) is 0 Å². The van der Waals surface area contributed by atoms with Gasteiger partial charge in [-0.25, -0.2) is 4.39 Å². The molecule has 2 bridgehead atoms. The number of halogens is 1. The molecule has 4 rings (SSSR count). The summed E-state index contributed by atoms with van der Waals surface area (Å²) in [6, 6.07) is 6.97. The molecule has 128 valence electrons. The largest absolute Gasteiger partial charge is 0.341 e. The van der Waals surface area contributed by atoms with E-state index in [-0.39, 0.29) is 28.5 Å². The lowest BCUT2D eigenvalue weighted by Crippen LogP contribution is -2.43. The van der Waals surface area contributed by atoms with Crippen LogP contribution in [0.3, 0.4) is 0 Å². The molecule has 2 nitrogen and oxygen atoms in total. The standard InChI is InChI=1S/C21H26FNO/c1-14-20(2,3)16-8-10-21(14,12-16)19(24)23-11-9-15(13-23)17-6-4-5-7-18(17)22/h4-7,15-16H,1,8-13H2,2-3H3/t15-,16+,21-/m0/s1. The number of nitrogens with zero attached hydrogens (tertiary/aromatic N) is 1. The molecule has 0 radical (unpaired) electrons. The minimum atomic E-state index is -0.349. The average Bonchev–Trinajstić information content (AvgIpc) is 3.25. The molecule has 0 spiro atoms. The Morgan fingerprint density at radius 2 is 2.04 bits per heavy atom. The third-order valence-corrected chi connectivity index (χ3v) is 7.12. The van der Waals surface area contributed by atoms with Gasteiger partial charge >= 0.3 is 0 Å². The number of benzene rings is 1. The normalized spacial score (nSPS) is 34.1. The molecular weight excluding hydrogens is 301 g/mol. The minimum Gasteiger partial charge on any atom is -0.341 e. The highest BCUT2D eigenvalue weighted by Crippen LogP contribution is 2.66. The van der Waals surface area contributed by atoms with Gasteiger partial charge in [0.1, 0.15) is 5.82 Å². The quantitative estimate of drug-likeness (QED) is 0.731. The number of carbonyl (C=O) groups excluding carboxylic acids is 1. The van der Waals surface area contributed by atoms with Crippen molar-refractivity contribution in [2.75, 3.05) is 13.1 Å². The summed E-state index contributed by atoms with van der Waals surface area (Å²) >= 11 is 0. The molecular formula is C21H26FNO. The number of fused-ring (bicyclic) bond motifs is 2. The van der Waals surface area contributed by atoms with Gasteiger partial charge < -0.3 is 4.90 Å². The Balaban J connectivity index is 1.55. The highest BCUT2D eigenvalue weighted by molar-refractivity contribution is 5.88. The molecule has 3 atom stereocenters. The van der Waals surface area contributed by atoms with Crippen LogP contribution in [0.1, 0.15) is 51.0 Å². The van der Waals surface area contributed by atoms with Crippen molar-refractivity contribution in [3.05, 3.63) is 47.8 Å². The molecule has 1 amide bonds. The van der Waals surface area contributed by atoms with E-state index in [4.69, 9.17) is 0 Å². The number of hydrogen-bond acceptors (Lipinski definition) is 1. The van der Waals surface area contributed by atoms with Gasteiger partial charge in [-0.15, -0.1) is 0 Å². The van der Waals surface area contributed by atoms with Crippen molar-refractivity contribution in [2.45, 2.75) is 45.4 Å². The van der Waals surface area contributed by atoms with Crippen LogP contribution in [0, 0.1) is 22.6 Å². The summed E-state index contributed by atoms with van der Waals surface area (Å²) in [6.45, 7) is 10.2. The van der Waals surface area contributed by atoms with E-state index in [0.717, 1.165) is 43.4 Å². The van der Waals surface area contributed by atoms with Gasteiger partial charge in [0.05, 0.1) is 5.41 Å². The molecule has 1 heterocycles. The molecule has 2 saturated carbocycles. The topological polar surface area (TPSA) is 20.3 Å². The van der Waals surface area contributed by atoms with Crippen LogP contribution in [-0.2, 0) is 4.79 Å². The first-order valence-electron chi connectivity index (χ1n) is 9.10. The third-order valence-electron chi connectivity index (χ3n) is 7.12. The van der Waals surface area contributed by atoms with Gasteiger partial charge in [0.25, 0.3) is 0 Å². The van der Waals surface area contributed by atoms with Gasteiger partial charge in [-0.1, -0.05) is 44.2 Å². The van der Waals surface area contributed by atoms with Crippen LogP contribution < -0.4 is 0 Å². The van der Waals surface area contributed by atoms with E-state index in [1.165, 1.54) is 6.07 Å². The lowest BCUT2D eigenvalue weighted by molar-refractivity contribution is -0.138. The summed E-state index contributed by atoms with van der Waals surface area (Å²) < 4.78 is 14.1. The average molecular weight is 327 g/mol. The smallest absolute Gasteiger partial charge is 0.232 e. The predicted octanol–water partition coefficient (Wildman–Crippen LogP) is 4.52. The fourth-order valence-electron chi connectivity index (χ4n) is 5.43. The zero-order valence-corrected chi connectivity index (χ0v) is 14.6. The molecule has 1 aliphatic heterocycles. The summed E-state index contributed by atoms with van der Waals surface area (Å²) in [5, 5.41) is 0. The maximum absolute atomic E-state index is 14.1. The zero-order chi connectivity index (χ0) is 17.1. The van der Waals surface area contributed by atoms with Gasteiger partial charge in [-0.05, 0) is 48.6 Å². The minimum absolute atomic E-state index is 0.0680. The predicted molar refractivity (Wildman–Crippen MR) is 93.0 cm³/mol. The second-order valence-corrected chi connectivity index (χ2v) is 8.48. The second kappa shape index (κ2) is 5.18. The molecule has 0 unspecified atom stereocenters. The lowest BCUT2D eigenvalue weighted by atomic mass is 9.68. The van der Waals surface area contributed by atoms with Crippen molar-refractivity contribution in [1.82, 2.24) is 4.90 Å². The van der Waals surface area contributed by atoms with Crippen molar-refractivity contribution in [3.8, 4) is 0 Å². The van der Waals surface area contributed by atoms with E-state index >= 15 is 0 Å². The van der Waals surface area contributed by atoms with E-state index in [1.807, 2.05) is 17.0 Å². The number of likely N-dealkylation sites (tertiary alicyclic amines) is 1. The van der Waals surface area contributed by atoms with E-state index in [2.05, 4.69) is 20.4 Å². The first-order valence-corrected chi connectivity index (χ1v) is 9.10. The third kappa shape index (κ3) is 2.03. The summed E-state index contributed by atoms with van der Waals surface area (Å²) in [7, 11) is 0. The lowest BCUT2D eigenvalue weighted by Gasteiger charge is -2.39. The van der Waals surface area contributed by atoms with Crippen molar-refractivity contribution in [3.63, 3.8) is 0 Å². The number of hydrogen-bond donors (Lipinski definition) is 0. The Hall–Kier alpha value is -1.64. The Labute approximate surface area is 143 Å².